The number of carbonyl (C=O) groups excluding carboxylic acids is 1. The lowest BCUT2D eigenvalue weighted by Gasteiger charge is -2.10. The summed E-state index contributed by atoms with van der Waals surface area (Å²) >= 11 is 5.78. The summed E-state index contributed by atoms with van der Waals surface area (Å²) in [5.74, 6) is 0.801. The van der Waals surface area contributed by atoms with Gasteiger partial charge in [0.05, 0.1) is 11.9 Å². The van der Waals surface area contributed by atoms with Crippen molar-refractivity contribution in [3.05, 3.63) is 47.6 Å². The van der Waals surface area contributed by atoms with Crippen molar-refractivity contribution in [3.63, 3.8) is 0 Å². The van der Waals surface area contributed by atoms with Crippen molar-refractivity contribution < 1.29 is 9.53 Å². The molecule has 2 rings (SSSR count). The number of pyridine rings is 1. The third kappa shape index (κ3) is 5.26. The van der Waals surface area contributed by atoms with E-state index in [9.17, 15) is 4.79 Å². The average Bonchev–Trinajstić information content (AvgIpc) is 2.48. The first-order chi connectivity index (χ1) is 10.5. The van der Waals surface area contributed by atoms with E-state index in [0.717, 1.165) is 5.69 Å². The Morgan fingerprint density at radius 2 is 1.95 bits per heavy atom. The number of anilines is 2. The Kier molecular flexibility index (Phi) is 5.61. The number of ether oxygens (including phenoxy) is 1. The van der Waals surface area contributed by atoms with Crippen LogP contribution in [-0.4, -0.2) is 23.5 Å². The maximum atomic E-state index is 11.8. The van der Waals surface area contributed by atoms with Gasteiger partial charge >= 0.3 is 0 Å². The van der Waals surface area contributed by atoms with Crippen LogP contribution in [0, 0.1) is 0 Å². The van der Waals surface area contributed by atoms with Crippen LogP contribution >= 0.6 is 11.6 Å². The second kappa shape index (κ2) is 7.66. The molecule has 0 aliphatic carbocycles. The maximum absolute atomic E-state index is 11.8. The fraction of sp³-hybridized carbons (Fsp3) is 0.250. The van der Waals surface area contributed by atoms with E-state index < -0.39 is 0 Å². The average molecular weight is 320 g/mol. The number of rotatable bonds is 6. The van der Waals surface area contributed by atoms with Crippen molar-refractivity contribution in [1.29, 1.82) is 0 Å². The topological polar surface area (TPSA) is 63.2 Å². The van der Waals surface area contributed by atoms with Crippen LogP contribution in [0.1, 0.15) is 13.8 Å². The minimum atomic E-state index is -0.271. The molecule has 0 aliphatic rings. The molecule has 0 radical (unpaired) electrons. The van der Waals surface area contributed by atoms with Gasteiger partial charge in [-0.2, -0.15) is 0 Å². The monoisotopic (exact) mass is 319 g/mol. The number of nitrogens with zero attached hydrogens (tertiary/aromatic N) is 1. The molecule has 116 valence electrons. The van der Waals surface area contributed by atoms with Gasteiger partial charge in [-0.3, -0.25) is 4.79 Å². The van der Waals surface area contributed by atoms with Gasteiger partial charge in [0.1, 0.15) is 11.6 Å². The summed E-state index contributed by atoms with van der Waals surface area (Å²) in [7, 11) is 0. The van der Waals surface area contributed by atoms with Crippen LogP contribution in [0.2, 0.25) is 5.02 Å². The van der Waals surface area contributed by atoms with Crippen molar-refractivity contribution in [2.45, 2.75) is 19.9 Å². The van der Waals surface area contributed by atoms with Crippen molar-refractivity contribution in [2.24, 2.45) is 0 Å². The van der Waals surface area contributed by atoms with Gasteiger partial charge in [0.15, 0.2) is 6.61 Å². The number of carbonyl (C=O) groups is 1. The molecule has 1 heterocycles. The molecule has 2 N–H and O–H groups in total. The van der Waals surface area contributed by atoms with Gasteiger partial charge in [0.2, 0.25) is 0 Å². The molecule has 22 heavy (non-hydrogen) atoms. The number of halogens is 1. The van der Waals surface area contributed by atoms with Gasteiger partial charge in [-0.05, 0) is 50.2 Å². The summed E-state index contributed by atoms with van der Waals surface area (Å²) in [6.45, 7) is 4.00. The Bertz CT molecular complexity index is 612. The summed E-state index contributed by atoms with van der Waals surface area (Å²) in [6.07, 6.45) is 1.68. The quantitative estimate of drug-likeness (QED) is 0.854. The molecule has 1 aromatic heterocycles. The zero-order chi connectivity index (χ0) is 15.9. The fourth-order valence-electron chi connectivity index (χ4n) is 1.75. The van der Waals surface area contributed by atoms with Crippen LogP contribution in [0.3, 0.4) is 0 Å². The van der Waals surface area contributed by atoms with Crippen molar-refractivity contribution in [3.8, 4) is 5.75 Å². The molecule has 1 amide bonds. The summed E-state index contributed by atoms with van der Waals surface area (Å²) < 4.78 is 5.36. The molecule has 5 nitrogen and oxygen atoms in total. The number of amides is 1. The normalized spacial score (nSPS) is 10.4. The van der Waals surface area contributed by atoms with Gasteiger partial charge in [0.25, 0.3) is 5.91 Å². The highest BCUT2D eigenvalue weighted by atomic mass is 35.5. The highest BCUT2D eigenvalue weighted by Gasteiger charge is 2.05. The summed E-state index contributed by atoms with van der Waals surface area (Å²) in [5, 5.41) is 6.52. The van der Waals surface area contributed by atoms with Gasteiger partial charge in [-0.1, -0.05) is 11.6 Å². The zero-order valence-corrected chi connectivity index (χ0v) is 13.2. The Hall–Kier alpha value is -2.27. The molecule has 0 bridgehead atoms. The van der Waals surface area contributed by atoms with Crippen LogP contribution in [0.5, 0.6) is 5.75 Å². The molecule has 1 aromatic carbocycles. The van der Waals surface area contributed by atoms with E-state index in [-0.39, 0.29) is 12.5 Å². The number of benzene rings is 1. The maximum Gasteiger partial charge on any atom is 0.263 e. The molecule has 0 unspecified atom stereocenters. The highest BCUT2D eigenvalue weighted by molar-refractivity contribution is 6.30. The van der Waals surface area contributed by atoms with Crippen LogP contribution in [0.15, 0.2) is 42.6 Å². The molecule has 0 spiro atoms. The first-order valence-electron chi connectivity index (χ1n) is 6.94. The van der Waals surface area contributed by atoms with Gasteiger partial charge in [0, 0.05) is 11.1 Å². The SMILES string of the molecule is CC(C)Nc1ccc(NC(=O)COc2ccc(Cl)cc2)nc1. The van der Waals surface area contributed by atoms with Crippen LogP contribution in [-0.2, 0) is 4.79 Å². The summed E-state index contributed by atoms with van der Waals surface area (Å²) in [4.78, 5) is 16.0. The third-order valence-electron chi connectivity index (χ3n) is 2.67. The Balaban J connectivity index is 1.82. The lowest BCUT2D eigenvalue weighted by atomic mass is 10.3. The molecule has 0 saturated carbocycles. The Labute approximate surface area is 134 Å². The second-order valence-corrected chi connectivity index (χ2v) is 5.46. The second-order valence-electron chi connectivity index (χ2n) is 5.02. The highest BCUT2D eigenvalue weighted by Crippen LogP contribution is 2.15. The van der Waals surface area contributed by atoms with E-state index in [2.05, 4.69) is 15.6 Å². The molecular formula is C16H18ClN3O2. The molecular weight excluding hydrogens is 302 g/mol. The number of aromatic nitrogens is 1. The number of hydrogen-bond acceptors (Lipinski definition) is 4. The van der Waals surface area contributed by atoms with E-state index >= 15 is 0 Å². The van der Waals surface area contributed by atoms with E-state index in [1.165, 1.54) is 0 Å². The largest absolute Gasteiger partial charge is 0.484 e. The molecule has 0 fully saturated rings. The van der Waals surface area contributed by atoms with Gasteiger partial charge < -0.3 is 15.4 Å². The third-order valence-corrected chi connectivity index (χ3v) is 2.92. The van der Waals surface area contributed by atoms with E-state index in [1.807, 2.05) is 19.9 Å². The Morgan fingerprint density at radius 3 is 2.55 bits per heavy atom. The van der Waals surface area contributed by atoms with Crippen molar-refractivity contribution >= 4 is 29.0 Å². The fourth-order valence-corrected chi connectivity index (χ4v) is 1.87. The lowest BCUT2D eigenvalue weighted by molar-refractivity contribution is -0.118. The minimum Gasteiger partial charge on any atom is -0.484 e. The standard InChI is InChI=1S/C16H18ClN3O2/c1-11(2)19-13-5-8-15(18-9-13)20-16(21)10-22-14-6-3-12(17)4-7-14/h3-9,11,19H,10H2,1-2H3,(H,18,20,21). The first kappa shape index (κ1) is 16.1. The Morgan fingerprint density at radius 1 is 1.23 bits per heavy atom. The number of nitrogens with one attached hydrogen (secondary N) is 2. The smallest absolute Gasteiger partial charge is 0.263 e. The van der Waals surface area contributed by atoms with Crippen LogP contribution in [0.25, 0.3) is 0 Å². The molecule has 6 heteroatoms. The molecule has 2 aromatic rings. The van der Waals surface area contributed by atoms with Crippen molar-refractivity contribution in [2.75, 3.05) is 17.2 Å². The van der Waals surface area contributed by atoms with Gasteiger partial charge in [-0.15, -0.1) is 0 Å². The van der Waals surface area contributed by atoms with Gasteiger partial charge in [-0.25, -0.2) is 4.98 Å². The number of hydrogen-bond donors (Lipinski definition) is 2. The first-order valence-corrected chi connectivity index (χ1v) is 7.31. The van der Waals surface area contributed by atoms with E-state index in [4.69, 9.17) is 16.3 Å². The lowest BCUT2D eigenvalue weighted by Crippen LogP contribution is -2.20. The minimum absolute atomic E-state index is 0.0880. The molecule has 0 atom stereocenters. The molecule has 0 saturated heterocycles. The predicted molar refractivity (Wildman–Crippen MR) is 88.6 cm³/mol. The van der Waals surface area contributed by atoms with Crippen LogP contribution < -0.4 is 15.4 Å². The summed E-state index contributed by atoms with van der Waals surface area (Å²) in [5.41, 5.74) is 0.908. The van der Waals surface area contributed by atoms with Crippen LogP contribution in [0.4, 0.5) is 11.5 Å². The predicted octanol–water partition coefficient (Wildman–Crippen LogP) is 3.57. The summed E-state index contributed by atoms with van der Waals surface area (Å²) in [6, 6.07) is 10.8. The van der Waals surface area contributed by atoms with E-state index in [1.54, 1.807) is 36.5 Å². The van der Waals surface area contributed by atoms with E-state index in [0.29, 0.717) is 22.6 Å². The van der Waals surface area contributed by atoms with Crippen molar-refractivity contribution in [1.82, 2.24) is 4.98 Å². The molecule has 0 aliphatic heterocycles. The zero-order valence-electron chi connectivity index (χ0n) is 12.5.